The molecule has 0 bridgehead atoms. The molecule has 0 radical (unpaired) electrons. The third-order valence-corrected chi connectivity index (χ3v) is 6.15. The number of carbonyl (C=O) groups excluding carboxylic acids is 6. The quantitative estimate of drug-likeness (QED) is 0.0277. The molecule has 0 heterocycles. The topological polar surface area (TPSA) is 276 Å². The molecule has 17 nitrogen and oxygen atoms in total. The highest BCUT2D eigenvalue weighted by molar-refractivity contribution is 5.95. The van der Waals surface area contributed by atoms with Crippen LogP contribution in [0, 0.1) is 11.8 Å². The molecule has 0 saturated carbocycles. The van der Waals surface area contributed by atoms with Gasteiger partial charge in [-0.25, -0.2) is 4.79 Å². The van der Waals surface area contributed by atoms with E-state index in [1.165, 1.54) is 13.8 Å². The third kappa shape index (κ3) is 16.9. The molecule has 0 unspecified atom stereocenters. The van der Waals surface area contributed by atoms with Gasteiger partial charge < -0.3 is 48.5 Å². The molecule has 0 saturated heterocycles. The second kappa shape index (κ2) is 20.5. The number of aliphatic imine (C=N–C) groups is 1. The van der Waals surface area contributed by atoms with Crippen molar-refractivity contribution in [2.75, 3.05) is 13.1 Å². The maximum atomic E-state index is 13.0. The van der Waals surface area contributed by atoms with Crippen LogP contribution in [0.4, 0.5) is 0 Å². The normalized spacial score (nSPS) is 14.2. The van der Waals surface area contributed by atoms with Crippen molar-refractivity contribution in [1.29, 1.82) is 0 Å². The molecule has 0 spiro atoms. The average molecular weight is 628 g/mol. The van der Waals surface area contributed by atoms with E-state index >= 15 is 0 Å². The van der Waals surface area contributed by atoms with Crippen LogP contribution in [0.1, 0.15) is 67.2 Å². The van der Waals surface area contributed by atoms with Gasteiger partial charge in [-0.2, -0.15) is 0 Å². The van der Waals surface area contributed by atoms with E-state index < -0.39 is 72.3 Å². The minimum Gasteiger partial charge on any atom is -0.480 e. The summed E-state index contributed by atoms with van der Waals surface area (Å²) in [4.78, 5) is 89.4. The first-order chi connectivity index (χ1) is 20.5. The molecular formula is C27H49N9O8. The van der Waals surface area contributed by atoms with Gasteiger partial charge in [-0.3, -0.25) is 33.8 Å². The second-order valence-corrected chi connectivity index (χ2v) is 11.2. The Morgan fingerprint density at radius 1 is 0.727 bits per heavy atom. The number of rotatable bonds is 21. The van der Waals surface area contributed by atoms with Gasteiger partial charge in [0.25, 0.3) is 0 Å². The lowest BCUT2D eigenvalue weighted by atomic mass is 10.0. The molecule has 44 heavy (non-hydrogen) atoms. The van der Waals surface area contributed by atoms with Gasteiger partial charge in [0.2, 0.25) is 35.9 Å². The van der Waals surface area contributed by atoms with Gasteiger partial charge in [0, 0.05) is 6.54 Å². The number of amides is 6. The summed E-state index contributed by atoms with van der Waals surface area (Å²) in [6.45, 7) is 9.84. The number of aliphatic carboxylic acids is 1. The summed E-state index contributed by atoms with van der Waals surface area (Å²) in [5.41, 5.74) is 10.5. The van der Waals surface area contributed by atoms with Crippen molar-refractivity contribution in [2.45, 2.75) is 97.4 Å². The van der Waals surface area contributed by atoms with Crippen LogP contribution in [0.2, 0.25) is 0 Å². The summed E-state index contributed by atoms with van der Waals surface area (Å²) in [5.74, 6) is -4.74. The van der Waals surface area contributed by atoms with Crippen LogP contribution < -0.4 is 43.4 Å². The highest BCUT2D eigenvalue weighted by Gasteiger charge is 2.29. The molecule has 0 fully saturated rings. The van der Waals surface area contributed by atoms with Gasteiger partial charge in [0.05, 0.1) is 6.54 Å². The van der Waals surface area contributed by atoms with Gasteiger partial charge in [0.15, 0.2) is 5.96 Å². The monoisotopic (exact) mass is 627 g/mol. The van der Waals surface area contributed by atoms with Crippen molar-refractivity contribution in [3.63, 3.8) is 0 Å². The summed E-state index contributed by atoms with van der Waals surface area (Å²) >= 11 is 0. The molecule has 250 valence electrons. The summed E-state index contributed by atoms with van der Waals surface area (Å²) < 4.78 is 0. The fourth-order valence-corrected chi connectivity index (χ4v) is 3.85. The van der Waals surface area contributed by atoms with Gasteiger partial charge in [-0.05, 0) is 51.4 Å². The molecule has 11 N–H and O–H groups in total. The van der Waals surface area contributed by atoms with Crippen molar-refractivity contribution in [3.8, 4) is 0 Å². The van der Waals surface area contributed by atoms with Gasteiger partial charge >= 0.3 is 5.97 Å². The fraction of sp³-hybridized carbons (Fsp3) is 0.704. The predicted molar refractivity (Wildman–Crippen MR) is 162 cm³/mol. The summed E-state index contributed by atoms with van der Waals surface area (Å²) in [6.07, 6.45) is 1.18. The molecule has 5 atom stereocenters. The van der Waals surface area contributed by atoms with E-state index in [0.29, 0.717) is 6.41 Å². The maximum Gasteiger partial charge on any atom is 0.326 e. The molecule has 0 aliphatic rings. The standard InChI is InChI=1S/C27H49N9O8/c1-14(2)10-19(36-22(39)16(5)32-13-37)24(41)31-12-21(38)34-20(11-15(3)4)25(42)33-17(6)23(40)35-18(26(43)44)8-7-9-30-27(28)29/h13-20H,7-12H2,1-6H3,(H,31,41)(H,32,37)(H,33,42)(H,34,38)(H,35,40)(H,36,39)(H,43,44)(H4,28,29,30)/t16-,17-,18-,19-,20-/m0/s1. The smallest absolute Gasteiger partial charge is 0.326 e. The van der Waals surface area contributed by atoms with E-state index in [2.05, 4.69) is 36.9 Å². The number of carboxylic acids is 1. The van der Waals surface area contributed by atoms with E-state index in [-0.39, 0.29) is 50.0 Å². The van der Waals surface area contributed by atoms with Crippen LogP contribution in [-0.4, -0.2) is 96.3 Å². The lowest BCUT2D eigenvalue weighted by Crippen LogP contribution is -2.56. The summed E-state index contributed by atoms with van der Waals surface area (Å²) in [6, 6.07) is -5.28. The third-order valence-electron chi connectivity index (χ3n) is 6.15. The number of carboxylic acid groups (broad SMARTS) is 1. The van der Waals surface area contributed by atoms with Crippen molar-refractivity contribution in [1.82, 2.24) is 31.9 Å². The molecule has 0 aromatic carbocycles. The van der Waals surface area contributed by atoms with Crippen LogP contribution in [0.3, 0.4) is 0 Å². The molecule has 0 rings (SSSR count). The Labute approximate surface area is 257 Å². The first kappa shape index (κ1) is 39.6. The zero-order chi connectivity index (χ0) is 34.0. The maximum absolute atomic E-state index is 13.0. The average Bonchev–Trinajstić information content (AvgIpc) is 2.91. The Hall–Kier alpha value is -4.44. The van der Waals surface area contributed by atoms with Crippen LogP contribution in [0.5, 0.6) is 0 Å². The summed E-state index contributed by atoms with van der Waals surface area (Å²) in [7, 11) is 0. The lowest BCUT2D eigenvalue weighted by Gasteiger charge is -2.24. The first-order valence-electron chi connectivity index (χ1n) is 14.4. The largest absolute Gasteiger partial charge is 0.480 e. The van der Waals surface area contributed by atoms with Crippen molar-refractivity contribution >= 4 is 47.9 Å². The molecule has 0 aromatic heterocycles. The van der Waals surface area contributed by atoms with Crippen LogP contribution in [0.15, 0.2) is 4.99 Å². The molecule has 6 amide bonds. The molecule has 0 aliphatic heterocycles. The van der Waals surface area contributed by atoms with Crippen LogP contribution >= 0.6 is 0 Å². The first-order valence-corrected chi connectivity index (χ1v) is 14.4. The Morgan fingerprint density at radius 2 is 1.25 bits per heavy atom. The number of nitrogens with one attached hydrogen (secondary N) is 6. The highest BCUT2D eigenvalue weighted by atomic mass is 16.4. The predicted octanol–water partition coefficient (Wildman–Crippen LogP) is -2.57. The molecule has 0 aromatic rings. The van der Waals surface area contributed by atoms with E-state index in [0.717, 1.165) is 0 Å². The van der Waals surface area contributed by atoms with Crippen molar-refractivity contribution < 1.29 is 38.7 Å². The van der Waals surface area contributed by atoms with E-state index in [4.69, 9.17) is 11.5 Å². The Balaban J connectivity index is 5.24. The van der Waals surface area contributed by atoms with E-state index in [1.54, 1.807) is 0 Å². The molecule has 0 aliphatic carbocycles. The van der Waals surface area contributed by atoms with Crippen LogP contribution in [-0.2, 0) is 33.6 Å². The fourth-order valence-electron chi connectivity index (χ4n) is 3.85. The number of nitrogens with two attached hydrogens (primary N) is 2. The van der Waals surface area contributed by atoms with E-state index in [9.17, 15) is 38.7 Å². The van der Waals surface area contributed by atoms with Crippen molar-refractivity contribution in [2.24, 2.45) is 28.3 Å². The van der Waals surface area contributed by atoms with Crippen molar-refractivity contribution in [3.05, 3.63) is 0 Å². The zero-order valence-corrected chi connectivity index (χ0v) is 26.3. The number of hydrogen-bond acceptors (Lipinski definition) is 8. The minimum atomic E-state index is -1.27. The Morgan fingerprint density at radius 3 is 1.75 bits per heavy atom. The Kier molecular flexibility index (Phi) is 18.4. The van der Waals surface area contributed by atoms with Gasteiger partial charge in [-0.1, -0.05) is 27.7 Å². The van der Waals surface area contributed by atoms with Gasteiger partial charge in [-0.15, -0.1) is 0 Å². The highest BCUT2D eigenvalue weighted by Crippen LogP contribution is 2.07. The summed E-state index contributed by atoms with van der Waals surface area (Å²) in [5, 5.41) is 24.1. The van der Waals surface area contributed by atoms with E-state index in [1.807, 2.05) is 27.7 Å². The minimum absolute atomic E-state index is 0.0167. The second-order valence-electron chi connectivity index (χ2n) is 11.2. The number of nitrogens with zero attached hydrogens (tertiary/aromatic N) is 1. The number of hydrogen-bond donors (Lipinski definition) is 9. The van der Waals surface area contributed by atoms with Gasteiger partial charge in [0.1, 0.15) is 30.2 Å². The molecule has 17 heteroatoms. The van der Waals surface area contributed by atoms with Crippen LogP contribution in [0.25, 0.3) is 0 Å². The lowest BCUT2D eigenvalue weighted by molar-refractivity contribution is -0.142. The zero-order valence-electron chi connectivity index (χ0n) is 26.3. The number of guanidine groups is 1. The SMILES string of the molecule is CC(C)C[C@H](NC(=O)CNC(=O)[C@H](CC(C)C)NC(=O)[C@H](C)NC=O)C(=O)N[C@@H](C)C(=O)N[C@@H](CCCN=C(N)N)C(=O)O. The molecular weight excluding hydrogens is 578 g/mol. The Bertz CT molecular complexity index is 1030. The number of carbonyl (C=O) groups is 7.